The third kappa shape index (κ3) is 2.30. The fourth-order valence-corrected chi connectivity index (χ4v) is 1.71. The maximum Gasteiger partial charge on any atom is 0.374 e. The second-order valence-electron chi connectivity index (χ2n) is 3.99. The van der Waals surface area contributed by atoms with Crippen LogP contribution in [0.2, 0.25) is 0 Å². The van der Waals surface area contributed by atoms with Crippen molar-refractivity contribution in [3.63, 3.8) is 0 Å². The summed E-state index contributed by atoms with van der Waals surface area (Å²) in [7, 11) is 0. The Labute approximate surface area is 112 Å². The molecule has 0 unspecified atom stereocenters. The van der Waals surface area contributed by atoms with Crippen LogP contribution in [0.4, 0.5) is 9.18 Å². The first kappa shape index (κ1) is 12.2. The van der Waals surface area contributed by atoms with Gasteiger partial charge in [-0.1, -0.05) is 30.3 Å². The van der Waals surface area contributed by atoms with Gasteiger partial charge in [0.25, 0.3) is 0 Å². The van der Waals surface area contributed by atoms with Crippen molar-refractivity contribution in [2.75, 3.05) is 0 Å². The predicted octanol–water partition coefficient (Wildman–Crippen LogP) is 1.12. The molecule has 3 aromatic rings. The van der Waals surface area contributed by atoms with Crippen molar-refractivity contribution in [3.05, 3.63) is 60.5 Å². The maximum absolute atomic E-state index is 13.7. The van der Waals surface area contributed by atoms with E-state index in [4.69, 9.17) is 0 Å². The zero-order valence-electron chi connectivity index (χ0n) is 10.2. The van der Waals surface area contributed by atoms with E-state index in [0.29, 0.717) is 11.1 Å². The number of aromatic nitrogens is 6. The van der Waals surface area contributed by atoms with Crippen molar-refractivity contribution in [1.29, 1.82) is 0 Å². The largest absolute Gasteiger partial charge is 0.374 e. The fraction of sp³-hybridized carbons (Fsp3) is 0.0833. The molecule has 0 N–H and O–H groups in total. The van der Waals surface area contributed by atoms with Gasteiger partial charge in [0.2, 0.25) is 0 Å². The highest BCUT2D eigenvalue weighted by molar-refractivity contribution is 5.76. The summed E-state index contributed by atoms with van der Waals surface area (Å²) in [5, 5.41) is 7.48. The van der Waals surface area contributed by atoms with Crippen LogP contribution in [0, 0.1) is 6.08 Å². The molecular formula is C12H9FN6O. The minimum absolute atomic E-state index is 0.224. The molecule has 2 heterocycles. The smallest absolute Gasteiger partial charge is 0.243 e. The number of carbonyl (C=O) groups is 1. The summed E-state index contributed by atoms with van der Waals surface area (Å²) < 4.78 is 15.1. The summed E-state index contributed by atoms with van der Waals surface area (Å²) >= 11 is 0. The maximum atomic E-state index is 13.7. The molecule has 0 spiro atoms. The summed E-state index contributed by atoms with van der Waals surface area (Å²) in [5.41, 5.74) is 0.929. The Kier molecular flexibility index (Phi) is 3.04. The van der Waals surface area contributed by atoms with Crippen LogP contribution in [-0.2, 0) is 6.42 Å². The zero-order valence-corrected chi connectivity index (χ0v) is 10.2. The second kappa shape index (κ2) is 5.00. The minimum Gasteiger partial charge on any atom is -0.243 e. The van der Waals surface area contributed by atoms with Gasteiger partial charge in [0.15, 0.2) is 5.82 Å². The molecule has 0 fully saturated rings. The first-order valence-electron chi connectivity index (χ1n) is 5.79. The van der Waals surface area contributed by atoms with Crippen molar-refractivity contribution in [3.8, 4) is 0 Å². The lowest BCUT2D eigenvalue weighted by molar-refractivity contribution is 0.233. The molecule has 0 radical (unpaired) electrons. The molecule has 0 bridgehead atoms. The van der Waals surface area contributed by atoms with Gasteiger partial charge < -0.3 is 0 Å². The average Bonchev–Trinajstić information content (AvgIpc) is 3.09. The van der Waals surface area contributed by atoms with E-state index in [1.165, 1.54) is 12.7 Å². The molecule has 0 aliphatic heterocycles. The van der Waals surface area contributed by atoms with Gasteiger partial charge in [-0.25, -0.2) is 9.78 Å². The van der Waals surface area contributed by atoms with Gasteiger partial charge in [0.05, 0.1) is 0 Å². The Morgan fingerprint density at radius 1 is 1.25 bits per heavy atom. The first-order chi connectivity index (χ1) is 9.74. The lowest BCUT2D eigenvalue weighted by Crippen LogP contribution is -2.22. The molecule has 20 heavy (non-hydrogen) atoms. The summed E-state index contributed by atoms with van der Waals surface area (Å²) in [6, 6.07) is 8.58. The quantitative estimate of drug-likeness (QED) is 0.698. The Morgan fingerprint density at radius 3 is 2.75 bits per heavy atom. The molecular weight excluding hydrogens is 263 g/mol. The minimum atomic E-state index is -0.976. The van der Waals surface area contributed by atoms with E-state index in [2.05, 4.69) is 20.2 Å². The van der Waals surface area contributed by atoms with Crippen molar-refractivity contribution < 1.29 is 9.18 Å². The molecule has 0 saturated carbocycles. The van der Waals surface area contributed by atoms with Gasteiger partial charge in [0.1, 0.15) is 12.7 Å². The molecule has 2 aromatic heterocycles. The van der Waals surface area contributed by atoms with Crippen LogP contribution in [0.25, 0.3) is 0 Å². The SMILES string of the molecule is O=C(n1cncn1)n1nc(Cc2ccccc2)nc1F. The van der Waals surface area contributed by atoms with Crippen LogP contribution in [0.1, 0.15) is 11.4 Å². The average molecular weight is 272 g/mol. The number of rotatable bonds is 2. The predicted molar refractivity (Wildman–Crippen MR) is 65.4 cm³/mol. The molecule has 1 aromatic carbocycles. The third-order valence-electron chi connectivity index (χ3n) is 2.61. The molecule has 7 nitrogen and oxygen atoms in total. The molecule has 100 valence electrons. The highest BCUT2D eigenvalue weighted by atomic mass is 19.1. The van der Waals surface area contributed by atoms with Crippen LogP contribution in [-0.4, -0.2) is 35.6 Å². The molecule has 0 aliphatic carbocycles. The van der Waals surface area contributed by atoms with Gasteiger partial charge in [-0.2, -0.15) is 19.2 Å². The van der Waals surface area contributed by atoms with Crippen molar-refractivity contribution >= 4 is 6.03 Å². The molecule has 0 atom stereocenters. The molecule has 0 amide bonds. The highest BCUT2D eigenvalue weighted by Crippen LogP contribution is 2.06. The van der Waals surface area contributed by atoms with Gasteiger partial charge >= 0.3 is 12.1 Å². The number of hydrogen-bond acceptors (Lipinski definition) is 5. The molecule has 0 saturated heterocycles. The monoisotopic (exact) mass is 272 g/mol. The van der Waals surface area contributed by atoms with Gasteiger partial charge in [-0.3, -0.25) is 0 Å². The van der Waals surface area contributed by atoms with Gasteiger partial charge in [0, 0.05) is 6.42 Å². The Bertz CT molecular complexity index is 722. The van der Waals surface area contributed by atoms with Crippen molar-refractivity contribution in [1.82, 2.24) is 29.5 Å². The number of benzene rings is 1. The lowest BCUT2D eigenvalue weighted by atomic mass is 10.1. The van der Waals surface area contributed by atoms with Crippen molar-refractivity contribution in [2.45, 2.75) is 6.42 Å². The fourth-order valence-electron chi connectivity index (χ4n) is 1.71. The highest BCUT2D eigenvalue weighted by Gasteiger charge is 2.18. The summed E-state index contributed by atoms with van der Waals surface area (Å²) in [5.74, 6) is 0.224. The standard InChI is InChI=1S/C12H9FN6O/c13-11-16-10(6-9-4-2-1-3-5-9)17-19(11)12(20)18-8-14-7-15-18/h1-5,7-8H,6H2. The third-order valence-corrected chi connectivity index (χ3v) is 2.61. The summed E-state index contributed by atoms with van der Waals surface area (Å²) in [4.78, 5) is 19.1. The van der Waals surface area contributed by atoms with Gasteiger partial charge in [-0.15, -0.1) is 9.78 Å². The lowest BCUT2D eigenvalue weighted by Gasteiger charge is -1.98. The number of hydrogen-bond donors (Lipinski definition) is 0. The van der Waals surface area contributed by atoms with Crippen LogP contribution < -0.4 is 0 Å². The number of halogens is 1. The van der Waals surface area contributed by atoms with E-state index in [1.807, 2.05) is 30.3 Å². The molecule has 8 heteroatoms. The molecule has 0 aliphatic rings. The first-order valence-corrected chi connectivity index (χ1v) is 5.79. The van der Waals surface area contributed by atoms with Crippen LogP contribution in [0.5, 0.6) is 0 Å². The van der Waals surface area contributed by atoms with E-state index in [-0.39, 0.29) is 5.82 Å². The normalized spacial score (nSPS) is 10.7. The summed E-state index contributed by atoms with van der Waals surface area (Å²) in [6.07, 6.45) is 1.71. The topological polar surface area (TPSA) is 78.5 Å². The van der Waals surface area contributed by atoms with E-state index < -0.39 is 12.1 Å². The number of nitrogens with zero attached hydrogens (tertiary/aromatic N) is 6. The van der Waals surface area contributed by atoms with Crippen LogP contribution in [0.15, 0.2) is 43.0 Å². The van der Waals surface area contributed by atoms with Crippen LogP contribution >= 0.6 is 0 Å². The number of carbonyl (C=O) groups excluding carboxylic acids is 1. The van der Waals surface area contributed by atoms with E-state index in [1.54, 1.807) is 0 Å². The van der Waals surface area contributed by atoms with E-state index in [0.717, 1.165) is 10.2 Å². The summed E-state index contributed by atoms with van der Waals surface area (Å²) in [6.45, 7) is 0. The van der Waals surface area contributed by atoms with E-state index in [9.17, 15) is 9.18 Å². The zero-order chi connectivity index (χ0) is 13.9. The Morgan fingerprint density at radius 2 is 2.05 bits per heavy atom. The van der Waals surface area contributed by atoms with Crippen LogP contribution in [0.3, 0.4) is 0 Å². The molecule has 3 rings (SSSR count). The van der Waals surface area contributed by atoms with E-state index >= 15 is 0 Å². The van der Waals surface area contributed by atoms with Crippen molar-refractivity contribution in [2.24, 2.45) is 0 Å². The van der Waals surface area contributed by atoms with Gasteiger partial charge in [-0.05, 0) is 5.56 Å². The Balaban J connectivity index is 1.86. The second-order valence-corrected chi connectivity index (χ2v) is 3.99. The Hall–Kier alpha value is -2.90.